The van der Waals surface area contributed by atoms with Crippen LogP contribution in [0.1, 0.15) is 12.7 Å². The summed E-state index contributed by atoms with van der Waals surface area (Å²) >= 11 is 0. The van der Waals surface area contributed by atoms with Crippen molar-refractivity contribution in [2.24, 2.45) is 0 Å². The number of nitrogens with one attached hydrogen (secondary N) is 1. The molecule has 0 saturated heterocycles. The molecule has 1 heterocycles. The van der Waals surface area contributed by atoms with Crippen LogP contribution >= 0.6 is 0 Å². The third-order valence-electron chi connectivity index (χ3n) is 2.70. The number of anilines is 2. The zero-order chi connectivity index (χ0) is 14.8. The summed E-state index contributed by atoms with van der Waals surface area (Å²) in [5.74, 6) is 1.78. The molecule has 0 aromatic carbocycles. The maximum atomic E-state index is 5.75. The molecule has 0 unspecified atom stereocenters. The Morgan fingerprint density at radius 2 is 2.15 bits per heavy atom. The van der Waals surface area contributed by atoms with Crippen LogP contribution in [0.5, 0.6) is 0 Å². The second-order valence-corrected chi connectivity index (χ2v) is 4.45. The van der Waals surface area contributed by atoms with Crippen LogP contribution in [-0.2, 0) is 16.1 Å². The van der Waals surface area contributed by atoms with E-state index in [1.165, 1.54) is 0 Å². The first-order chi connectivity index (χ1) is 9.65. The van der Waals surface area contributed by atoms with Crippen molar-refractivity contribution < 1.29 is 9.47 Å². The van der Waals surface area contributed by atoms with Gasteiger partial charge in [-0.25, -0.2) is 9.97 Å². The van der Waals surface area contributed by atoms with Gasteiger partial charge < -0.3 is 25.4 Å². The lowest BCUT2D eigenvalue weighted by atomic mass is 10.4. The minimum absolute atomic E-state index is 0.379. The van der Waals surface area contributed by atoms with E-state index < -0.39 is 0 Å². The normalized spacial score (nSPS) is 11.0. The first kappa shape index (κ1) is 16.6. The highest BCUT2D eigenvalue weighted by molar-refractivity contribution is 5.44. The van der Waals surface area contributed by atoms with Gasteiger partial charge in [-0.15, -0.1) is 0 Å². The fourth-order valence-electron chi connectivity index (χ4n) is 1.60. The Labute approximate surface area is 120 Å². The van der Waals surface area contributed by atoms with Crippen LogP contribution in [0, 0.1) is 0 Å². The summed E-state index contributed by atoms with van der Waals surface area (Å²) in [6.45, 7) is 6.25. The lowest BCUT2D eigenvalue weighted by Gasteiger charge is -2.16. The van der Waals surface area contributed by atoms with Gasteiger partial charge in [-0.1, -0.05) is 0 Å². The summed E-state index contributed by atoms with van der Waals surface area (Å²) in [5.41, 5.74) is 5.75. The van der Waals surface area contributed by atoms with Gasteiger partial charge in [-0.3, -0.25) is 0 Å². The van der Waals surface area contributed by atoms with Crippen molar-refractivity contribution in [1.29, 1.82) is 0 Å². The zero-order valence-electron chi connectivity index (χ0n) is 12.6. The molecule has 7 nitrogen and oxygen atoms in total. The molecule has 1 aromatic heterocycles. The Hall–Kier alpha value is -1.44. The van der Waals surface area contributed by atoms with E-state index in [0.29, 0.717) is 24.9 Å². The van der Waals surface area contributed by atoms with E-state index in [9.17, 15) is 0 Å². The quantitative estimate of drug-likeness (QED) is 0.650. The number of ether oxygens (including phenoxy) is 2. The van der Waals surface area contributed by atoms with E-state index in [1.807, 2.05) is 6.92 Å². The molecule has 0 saturated carbocycles. The summed E-state index contributed by atoms with van der Waals surface area (Å²) in [7, 11) is 3.76. The van der Waals surface area contributed by atoms with E-state index in [-0.39, 0.29) is 0 Å². The SMILES string of the molecule is CCOCc1nc(N)cc(NCCN(C)CCOC)n1. The van der Waals surface area contributed by atoms with Crippen molar-refractivity contribution >= 4 is 11.6 Å². The minimum atomic E-state index is 0.379. The second-order valence-electron chi connectivity index (χ2n) is 4.45. The van der Waals surface area contributed by atoms with Crippen LogP contribution in [0.2, 0.25) is 0 Å². The van der Waals surface area contributed by atoms with E-state index in [4.69, 9.17) is 15.2 Å². The predicted octanol–water partition coefficient (Wildman–Crippen LogP) is 0.585. The molecule has 7 heteroatoms. The number of nitrogens with zero attached hydrogens (tertiary/aromatic N) is 3. The van der Waals surface area contributed by atoms with Crippen LogP contribution in [-0.4, -0.2) is 61.9 Å². The summed E-state index contributed by atoms with van der Waals surface area (Å²) in [5, 5.41) is 3.24. The highest BCUT2D eigenvalue weighted by atomic mass is 16.5. The van der Waals surface area contributed by atoms with Gasteiger partial charge >= 0.3 is 0 Å². The van der Waals surface area contributed by atoms with Gasteiger partial charge in [0.1, 0.15) is 18.2 Å². The Morgan fingerprint density at radius 1 is 1.35 bits per heavy atom. The Morgan fingerprint density at radius 3 is 2.85 bits per heavy atom. The summed E-state index contributed by atoms with van der Waals surface area (Å²) in [6.07, 6.45) is 0. The average Bonchev–Trinajstić information content (AvgIpc) is 2.42. The number of likely N-dealkylation sites (N-methyl/N-ethyl adjacent to an activating group) is 1. The van der Waals surface area contributed by atoms with Crippen LogP contribution < -0.4 is 11.1 Å². The molecule has 0 aliphatic carbocycles. The lowest BCUT2D eigenvalue weighted by Crippen LogP contribution is -2.28. The van der Waals surface area contributed by atoms with Crippen molar-refractivity contribution in [3.63, 3.8) is 0 Å². The van der Waals surface area contributed by atoms with E-state index in [1.54, 1.807) is 13.2 Å². The monoisotopic (exact) mass is 283 g/mol. The van der Waals surface area contributed by atoms with Gasteiger partial charge in [0.15, 0.2) is 5.82 Å². The predicted molar refractivity (Wildman–Crippen MR) is 79.6 cm³/mol. The van der Waals surface area contributed by atoms with E-state index in [2.05, 4.69) is 27.2 Å². The molecule has 0 spiro atoms. The molecule has 0 fully saturated rings. The number of hydrogen-bond acceptors (Lipinski definition) is 7. The molecular formula is C13H25N5O2. The number of hydrogen-bond donors (Lipinski definition) is 2. The minimum Gasteiger partial charge on any atom is -0.384 e. The van der Waals surface area contributed by atoms with Gasteiger partial charge in [-0.05, 0) is 14.0 Å². The summed E-state index contributed by atoms with van der Waals surface area (Å²) in [6, 6.07) is 1.73. The summed E-state index contributed by atoms with van der Waals surface area (Å²) < 4.78 is 10.3. The zero-order valence-corrected chi connectivity index (χ0v) is 12.6. The second kappa shape index (κ2) is 9.46. The van der Waals surface area contributed by atoms with Gasteiger partial charge in [0.25, 0.3) is 0 Å². The van der Waals surface area contributed by atoms with Crippen LogP contribution in [0.15, 0.2) is 6.07 Å². The first-order valence-electron chi connectivity index (χ1n) is 6.78. The maximum Gasteiger partial charge on any atom is 0.158 e. The Kier molecular flexibility index (Phi) is 7.86. The molecule has 1 rings (SSSR count). The van der Waals surface area contributed by atoms with Crippen molar-refractivity contribution in [3.05, 3.63) is 11.9 Å². The molecule has 0 bridgehead atoms. The fourth-order valence-corrected chi connectivity index (χ4v) is 1.60. The lowest BCUT2D eigenvalue weighted by molar-refractivity contribution is 0.128. The Balaban J connectivity index is 2.40. The van der Waals surface area contributed by atoms with Crippen molar-refractivity contribution in [2.45, 2.75) is 13.5 Å². The smallest absolute Gasteiger partial charge is 0.158 e. The fraction of sp³-hybridized carbons (Fsp3) is 0.692. The van der Waals surface area contributed by atoms with Crippen LogP contribution in [0.4, 0.5) is 11.6 Å². The maximum absolute atomic E-state index is 5.75. The molecule has 0 aliphatic rings. The number of aromatic nitrogens is 2. The Bertz CT molecular complexity index is 389. The van der Waals surface area contributed by atoms with Crippen LogP contribution in [0.25, 0.3) is 0 Å². The number of methoxy groups -OCH3 is 1. The molecule has 3 N–H and O–H groups in total. The van der Waals surface area contributed by atoms with Gasteiger partial charge in [0, 0.05) is 39.4 Å². The first-order valence-corrected chi connectivity index (χ1v) is 6.78. The number of nitrogens with two attached hydrogens (primary N) is 1. The highest BCUT2D eigenvalue weighted by Gasteiger charge is 2.03. The van der Waals surface area contributed by atoms with Gasteiger partial charge in [0.2, 0.25) is 0 Å². The number of nitrogen functional groups attached to an aromatic ring is 1. The topological polar surface area (TPSA) is 85.5 Å². The molecule has 0 amide bonds. The highest BCUT2D eigenvalue weighted by Crippen LogP contribution is 2.08. The third kappa shape index (κ3) is 6.65. The molecular weight excluding hydrogens is 258 g/mol. The average molecular weight is 283 g/mol. The molecule has 0 aliphatic heterocycles. The molecule has 20 heavy (non-hydrogen) atoms. The van der Waals surface area contributed by atoms with Crippen molar-refractivity contribution in [3.8, 4) is 0 Å². The van der Waals surface area contributed by atoms with E-state index in [0.717, 1.165) is 32.1 Å². The number of rotatable bonds is 10. The molecule has 0 radical (unpaired) electrons. The largest absolute Gasteiger partial charge is 0.384 e. The molecule has 0 atom stereocenters. The van der Waals surface area contributed by atoms with E-state index >= 15 is 0 Å². The van der Waals surface area contributed by atoms with Crippen molar-refractivity contribution in [2.75, 3.05) is 58.1 Å². The van der Waals surface area contributed by atoms with Crippen molar-refractivity contribution in [1.82, 2.24) is 14.9 Å². The molecule has 1 aromatic rings. The third-order valence-corrected chi connectivity index (χ3v) is 2.70. The van der Waals surface area contributed by atoms with Gasteiger partial charge in [-0.2, -0.15) is 0 Å². The van der Waals surface area contributed by atoms with Gasteiger partial charge in [0.05, 0.1) is 6.61 Å². The molecule has 114 valence electrons. The van der Waals surface area contributed by atoms with Crippen LogP contribution in [0.3, 0.4) is 0 Å². The summed E-state index contributed by atoms with van der Waals surface area (Å²) in [4.78, 5) is 10.7. The standard InChI is InChI=1S/C13H25N5O2/c1-4-20-10-13-16-11(14)9-12(17-13)15-5-6-18(2)7-8-19-3/h9H,4-8,10H2,1-3H3,(H3,14,15,16,17).